The second-order valence-corrected chi connectivity index (χ2v) is 14.0. The molecule has 0 atom stereocenters. The van der Waals surface area contributed by atoms with Crippen LogP contribution in [0.4, 0.5) is 0 Å². The molecule has 12 rings (SSSR count). The van der Waals surface area contributed by atoms with Gasteiger partial charge < -0.3 is 13.4 Å². The number of benzene rings is 8. The smallest absolute Gasteiger partial charge is 0.164 e. The van der Waals surface area contributed by atoms with Gasteiger partial charge in [-0.2, -0.15) is 0 Å². The van der Waals surface area contributed by atoms with Gasteiger partial charge in [-0.25, -0.2) is 15.0 Å². The van der Waals surface area contributed by atoms with Gasteiger partial charge in [-0.3, -0.25) is 0 Å². The molecule has 8 aromatic carbocycles. The van der Waals surface area contributed by atoms with E-state index in [1.54, 1.807) is 0 Å². The van der Waals surface area contributed by atoms with Crippen LogP contribution in [0.25, 0.3) is 116 Å². The van der Waals surface area contributed by atoms with E-state index in [1.807, 2.05) is 78.9 Å². The zero-order valence-electron chi connectivity index (χ0n) is 29.3. The average molecular weight is 705 g/mol. The van der Waals surface area contributed by atoms with Crippen molar-refractivity contribution in [3.05, 3.63) is 170 Å². The molecule has 256 valence electrons. The summed E-state index contributed by atoms with van der Waals surface area (Å²) in [4.78, 5) is 15.6. The molecule has 0 N–H and O–H groups in total. The van der Waals surface area contributed by atoms with Crippen molar-refractivity contribution in [3.63, 3.8) is 0 Å². The number of aromatic nitrogens is 4. The molecule has 12 aromatic rings. The number of hydrogen-bond acceptors (Lipinski definition) is 5. The lowest BCUT2D eigenvalue weighted by Crippen LogP contribution is -2.01. The third kappa shape index (κ3) is 4.58. The Labute approximate surface area is 313 Å². The molecule has 0 unspecified atom stereocenters. The Morgan fingerprint density at radius 1 is 0.364 bits per heavy atom. The second kappa shape index (κ2) is 11.5. The summed E-state index contributed by atoms with van der Waals surface area (Å²) in [5.74, 6) is 1.73. The van der Waals surface area contributed by atoms with Crippen LogP contribution in [0.15, 0.2) is 179 Å². The Balaban J connectivity index is 1.17. The first-order valence-electron chi connectivity index (χ1n) is 18.3. The maximum Gasteiger partial charge on any atom is 0.164 e. The van der Waals surface area contributed by atoms with E-state index < -0.39 is 0 Å². The highest BCUT2D eigenvalue weighted by atomic mass is 16.3. The van der Waals surface area contributed by atoms with Gasteiger partial charge in [0.15, 0.2) is 17.5 Å². The number of para-hydroxylation sites is 3. The summed E-state index contributed by atoms with van der Waals surface area (Å²) in [6.45, 7) is 0. The van der Waals surface area contributed by atoms with Crippen LogP contribution in [-0.4, -0.2) is 19.5 Å². The minimum absolute atomic E-state index is 0.561. The minimum atomic E-state index is 0.561. The van der Waals surface area contributed by atoms with Crippen LogP contribution in [0, 0.1) is 0 Å². The molecule has 4 heterocycles. The Morgan fingerprint density at radius 2 is 0.982 bits per heavy atom. The summed E-state index contributed by atoms with van der Waals surface area (Å²) < 4.78 is 15.2. The van der Waals surface area contributed by atoms with Crippen molar-refractivity contribution in [2.75, 3.05) is 0 Å². The minimum Gasteiger partial charge on any atom is -0.456 e. The first kappa shape index (κ1) is 29.9. The van der Waals surface area contributed by atoms with Crippen LogP contribution in [0.2, 0.25) is 0 Å². The summed E-state index contributed by atoms with van der Waals surface area (Å²) in [7, 11) is 0. The normalized spacial score (nSPS) is 12.0. The van der Waals surface area contributed by atoms with E-state index in [0.29, 0.717) is 17.5 Å². The van der Waals surface area contributed by atoms with Crippen molar-refractivity contribution in [2.24, 2.45) is 0 Å². The predicted molar refractivity (Wildman–Crippen MR) is 223 cm³/mol. The zero-order valence-corrected chi connectivity index (χ0v) is 29.3. The third-order valence-electron chi connectivity index (χ3n) is 10.8. The molecule has 0 saturated carbocycles. The quantitative estimate of drug-likeness (QED) is 0.182. The Hall–Kier alpha value is -7.57. The van der Waals surface area contributed by atoms with Gasteiger partial charge in [0.1, 0.15) is 22.3 Å². The van der Waals surface area contributed by atoms with Gasteiger partial charge in [-0.15, -0.1) is 0 Å². The van der Waals surface area contributed by atoms with E-state index in [4.69, 9.17) is 23.8 Å². The maximum atomic E-state index is 6.66. The fraction of sp³-hybridized carbons (Fsp3) is 0. The van der Waals surface area contributed by atoms with Crippen LogP contribution < -0.4 is 0 Å². The fourth-order valence-electron chi connectivity index (χ4n) is 8.29. The van der Waals surface area contributed by atoms with Crippen molar-refractivity contribution in [3.8, 4) is 39.9 Å². The second-order valence-electron chi connectivity index (χ2n) is 14.0. The zero-order chi connectivity index (χ0) is 36.0. The number of fused-ring (bicyclic) bond motifs is 10. The van der Waals surface area contributed by atoms with Gasteiger partial charge in [0, 0.05) is 55.1 Å². The summed E-state index contributed by atoms with van der Waals surface area (Å²) in [5, 5.41) is 8.79. The van der Waals surface area contributed by atoms with Crippen molar-refractivity contribution in [2.45, 2.75) is 0 Å². The summed E-state index contributed by atoms with van der Waals surface area (Å²) in [6.07, 6.45) is 0. The predicted octanol–water partition coefficient (Wildman–Crippen LogP) is 12.9. The molecule has 6 heteroatoms. The Bertz CT molecular complexity index is 3500. The van der Waals surface area contributed by atoms with Gasteiger partial charge in [-0.05, 0) is 65.4 Å². The number of furan rings is 2. The molecular weight excluding hydrogens is 677 g/mol. The molecule has 0 spiro atoms. The highest BCUT2D eigenvalue weighted by molar-refractivity contribution is 6.16. The molecular formula is C49H28N4O2. The number of rotatable bonds is 4. The van der Waals surface area contributed by atoms with Gasteiger partial charge in [0.05, 0.1) is 16.7 Å². The highest BCUT2D eigenvalue weighted by Gasteiger charge is 2.22. The maximum absolute atomic E-state index is 6.66. The number of hydrogen-bond donors (Lipinski definition) is 0. The first-order valence-corrected chi connectivity index (χ1v) is 18.3. The van der Waals surface area contributed by atoms with Crippen molar-refractivity contribution >= 4 is 76.5 Å². The Kier molecular flexibility index (Phi) is 6.24. The third-order valence-corrected chi connectivity index (χ3v) is 10.8. The van der Waals surface area contributed by atoms with Gasteiger partial charge in [-0.1, -0.05) is 109 Å². The van der Waals surface area contributed by atoms with E-state index in [-0.39, 0.29) is 0 Å². The molecule has 0 aliphatic carbocycles. The molecule has 0 saturated heterocycles. The van der Waals surface area contributed by atoms with Gasteiger partial charge in [0.25, 0.3) is 0 Å². The number of nitrogens with zero attached hydrogens (tertiary/aromatic N) is 4. The van der Waals surface area contributed by atoms with Crippen LogP contribution >= 0.6 is 0 Å². The average Bonchev–Trinajstić information content (AvgIpc) is 3.91. The molecule has 0 radical (unpaired) electrons. The summed E-state index contributed by atoms with van der Waals surface area (Å²) in [5.41, 5.74) is 9.05. The molecule has 0 aliphatic rings. The Morgan fingerprint density at radius 3 is 1.82 bits per heavy atom. The van der Waals surface area contributed by atoms with Crippen LogP contribution in [0.3, 0.4) is 0 Å². The molecule has 0 bridgehead atoms. The summed E-state index contributed by atoms with van der Waals surface area (Å²) in [6, 6.07) is 58.6. The van der Waals surface area contributed by atoms with Crippen LogP contribution in [0.1, 0.15) is 0 Å². The van der Waals surface area contributed by atoms with Crippen molar-refractivity contribution in [1.29, 1.82) is 0 Å². The lowest BCUT2D eigenvalue weighted by atomic mass is 10.0. The molecule has 55 heavy (non-hydrogen) atoms. The van der Waals surface area contributed by atoms with E-state index in [1.165, 1.54) is 21.5 Å². The van der Waals surface area contributed by atoms with E-state index in [0.717, 1.165) is 77.3 Å². The van der Waals surface area contributed by atoms with Crippen molar-refractivity contribution < 1.29 is 8.83 Å². The fourth-order valence-corrected chi connectivity index (χ4v) is 8.29. The summed E-state index contributed by atoms with van der Waals surface area (Å²) >= 11 is 0. The SMILES string of the molecule is c1ccc(-c2nc(-c3ccc4oc5ccccc5c4c3)nc(-c3cc(-n4c5ccccc5c5cc6ccccc6cc54)cc4oc5ccccc5c34)n2)cc1. The van der Waals surface area contributed by atoms with E-state index in [2.05, 4.69) is 95.6 Å². The first-order chi connectivity index (χ1) is 27.2. The van der Waals surface area contributed by atoms with Gasteiger partial charge in [0.2, 0.25) is 0 Å². The van der Waals surface area contributed by atoms with E-state index in [9.17, 15) is 0 Å². The van der Waals surface area contributed by atoms with Crippen molar-refractivity contribution in [1.82, 2.24) is 19.5 Å². The van der Waals surface area contributed by atoms with Gasteiger partial charge >= 0.3 is 0 Å². The molecule has 0 amide bonds. The van der Waals surface area contributed by atoms with Crippen LogP contribution in [0.5, 0.6) is 0 Å². The monoisotopic (exact) mass is 704 g/mol. The van der Waals surface area contributed by atoms with E-state index >= 15 is 0 Å². The largest absolute Gasteiger partial charge is 0.456 e. The van der Waals surface area contributed by atoms with Crippen LogP contribution in [-0.2, 0) is 0 Å². The molecule has 0 fully saturated rings. The molecule has 0 aliphatic heterocycles. The molecule has 4 aromatic heterocycles. The highest BCUT2D eigenvalue weighted by Crippen LogP contribution is 2.42. The lowest BCUT2D eigenvalue weighted by Gasteiger charge is -2.13. The standard InChI is InChI=1S/C49H28N4O2/c1-2-12-29(13-3-1)47-50-48(32-22-23-44-38(25-32)35-17-7-10-20-42(35)54-44)52-49(51-47)39-27-33(28-45-46(39)36-18-8-11-21-43(36)55-45)53-40-19-9-6-16-34(40)37-24-30-14-4-5-15-31(30)26-41(37)53/h1-28H. The lowest BCUT2D eigenvalue weighted by molar-refractivity contribution is 0.668. The topological polar surface area (TPSA) is 69.9 Å². The molecule has 6 nitrogen and oxygen atoms in total.